The summed E-state index contributed by atoms with van der Waals surface area (Å²) in [6.07, 6.45) is 6.68. The maximum absolute atomic E-state index is 14.5. The third kappa shape index (κ3) is 9.43. The van der Waals surface area contributed by atoms with Crippen LogP contribution in [0.5, 0.6) is 0 Å². The van der Waals surface area contributed by atoms with Gasteiger partial charge in [-0.05, 0) is 64.9 Å². The molecule has 0 radical (unpaired) electrons. The molecule has 52 heavy (non-hydrogen) atoms. The van der Waals surface area contributed by atoms with Crippen molar-refractivity contribution in [2.75, 3.05) is 27.2 Å². The Hall–Kier alpha value is -4.62. The largest absolute Gasteiger partial charge is 0.444 e. The number of allylic oxidation sites excluding steroid dienone is 1. The number of carbonyl (C=O) groups excluding carboxylic acids is 6. The average molecular weight is 723 g/mol. The summed E-state index contributed by atoms with van der Waals surface area (Å²) in [6.45, 7) is 5.83. The highest BCUT2D eigenvalue weighted by molar-refractivity contribution is 6.00. The Morgan fingerprint density at radius 3 is 2.48 bits per heavy atom. The van der Waals surface area contributed by atoms with E-state index in [-0.39, 0.29) is 30.7 Å². The summed E-state index contributed by atoms with van der Waals surface area (Å²) < 4.78 is 11.1. The molecule has 0 spiro atoms. The van der Waals surface area contributed by atoms with Crippen molar-refractivity contribution in [3.05, 3.63) is 48.0 Å². The minimum absolute atomic E-state index is 0.00924. The van der Waals surface area contributed by atoms with Crippen LogP contribution >= 0.6 is 0 Å². The van der Waals surface area contributed by atoms with Crippen LogP contribution in [0.1, 0.15) is 84.1 Å². The molecule has 5 rings (SSSR count). The number of benzene rings is 1. The number of rotatable bonds is 6. The van der Waals surface area contributed by atoms with Gasteiger partial charge in [0.2, 0.25) is 23.6 Å². The number of fused-ring (bicyclic) bond motifs is 2. The lowest BCUT2D eigenvalue weighted by Crippen LogP contribution is -2.59. The van der Waals surface area contributed by atoms with Crippen molar-refractivity contribution in [2.24, 2.45) is 5.92 Å². The molecule has 1 aliphatic carbocycles. The van der Waals surface area contributed by atoms with Gasteiger partial charge in [0.25, 0.3) is 0 Å². The molecule has 2 saturated heterocycles. The molecule has 3 aliphatic heterocycles. The Kier molecular flexibility index (Phi) is 12.2. The molecule has 4 aliphatic rings. The number of hydrogen-bond donors (Lipinski definition) is 3. The van der Waals surface area contributed by atoms with E-state index in [0.29, 0.717) is 45.2 Å². The lowest BCUT2D eigenvalue weighted by atomic mass is 10.0. The molecule has 3 N–H and O–H groups in total. The second-order valence-corrected chi connectivity index (χ2v) is 15.5. The highest BCUT2D eigenvalue weighted by atomic mass is 16.6. The number of hydrogen-bond acceptors (Lipinski definition) is 8. The molecule has 0 unspecified atom stereocenters. The first-order valence-corrected chi connectivity index (χ1v) is 18.5. The van der Waals surface area contributed by atoms with E-state index in [1.54, 1.807) is 39.8 Å². The van der Waals surface area contributed by atoms with E-state index in [4.69, 9.17) is 9.47 Å². The zero-order valence-corrected chi connectivity index (χ0v) is 31.0. The smallest absolute Gasteiger partial charge is 0.409 e. The predicted octanol–water partition coefficient (Wildman–Crippen LogP) is 3.25. The summed E-state index contributed by atoms with van der Waals surface area (Å²) in [5.41, 5.74) is -1.14. The van der Waals surface area contributed by atoms with Crippen LogP contribution in [0, 0.1) is 5.92 Å². The van der Waals surface area contributed by atoms with E-state index in [9.17, 15) is 28.8 Å². The van der Waals surface area contributed by atoms with E-state index < -0.39 is 59.4 Å². The third-order valence-electron chi connectivity index (χ3n) is 10.1. The third-order valence-corrected chi connectivity index (χ3v) is 10.1. The topological polar surface area (TPSA) is 167 Å². The monoisotopic (exact) mass is 722 g/mol. The SMILES string of the molecule is CN(C)C(=O)O[C@@H]1C[C@H]2C(=O)N[C@]3(C(=O)N4CCC[C@H]4C(=O)NCc4ccccc4)C[C@@H]3/C=C\CCCCC[C@H](NC(=O)OC(C)(C)C)C(=O)N2C1. The molecular weight excluding hydrogens is 668 g/mol. The Labute approximate surface area is 306 Å². The highest BCUT2D eigenvalue weighted by Gasteiger charge is 2.63. The summed E-state index contributed by atoms with van der Waals surface area (Å²) >= 11 is 0. The van der Waals surface area contributed by atoms with Crippen molar-refractivity contribution in [1.29, 1.82) is 0 Å². The van der Waals surface area contributed by atoms with Gasteiger partial charge in [0.1, 0.15) is 35.4 Å². The summed E-state index contributed by atoms with van der Waals surface area (Å²) in [5, 5.41) is 8.73. The van der Waals surface area contributed by atoms with Gasteiger partial charge in [-0.1, -0.05) is 55.3 Å². The fourth-order valence-corrected chi connectivity index (χ4v) is 7.29. The van der Waals surface area contributed by atoms with Crippen molar-refractivity contribution < 1.29 is 38.2 Å². The number of likely N-dealkylation sites (tertiary alicyclic amines) is 1. The van der Waals surface area contributed by atoms with Gasteiger partial charge < -0.3 is 40.1 Å². The zero-order chi connectivity index (χ0) is 37.6. The van der Waals surface area contributed by atoms with Gasteiger partial charge in [-0.2, -0.15) is 0 Å². The molecule has 3 heterocycles. The standard InChI is InChI=1S/C38H54N6O8/c1-37(2,3)52-35(49)40-28-18-13-8-6-7-12-17-26-22-38(26,41-32(46)30-21-27(24-44(30)33(28)47)51-36(50)42(4)5)34(48)43-20-14-19-29(43)31(45)39-23-25-15-10-9-11-16-25/h9-12,15-17,26-30H,6-8,13-14,18-24H2,1-5H3,(H,39,45)(H,40,49)(H,41,46)/b17-12-/t26-,27+,28-,29-,30-,38+/m0/s1. The van der Waals surface area contributed by atoms with Gasteiger partial charge in [-0.15, -0.1) is 0 Å². The summed E-state index contributed by atoms with van der Waals surface area (Å²) in [6, 6.07) is 6.79. The van der Waals surface area contributed by atoms with Crippen LogP contribution in [0.2, 0.25) is 0 Å². The second kappa shape index (κ2) is 16.4. The lowest BCUT2D eigenvalue weighted by molar-refractivity contribution is -0.145. The minimum Gasteiger partial charge on any atom is -0.444 e. The first kappa shape index (κ1) is 38.6. The average Bonchev–Trinajstić information content (AvgIpc) is 3.38. The molecule has 0 aromatic heterocycles. The fourth-order valence-electron chi connectivity index (χ4n) is 7.29. The molecule has 0 bridgehead atoms. The molecule has 6 atom stereocenters. The van der Waals surface area contributed by atoms with E-state index in [2.05, 4.69) is 16.0 Å². The Morgan fingerprint density at radius 1 is 1.02 bits per heavy atom. The highest BCUT2D eigenvalue weighted by Crippen LogP contribution is 2.47. The van der Waals surface area contributed by atoms with E-state index in [0.717, 1.165) is 24.8 Å². The Bertz CT molecular complexity index is 1530. The zero-order valence-electron chi connectivity index (χ0n) is 31.0. The molecule has 284 valence electrons. The number of carbonyl (C=O) groups is 6. The van der Waals surface area contributed by atoms with Crippen molar-refractivity contribution in [3.8, 4) is 0 Å². The van der Waals surface area contributed by atoms with Gasteiger partial charge in [-0.25, -0.2) is 9.59 Å². The first-order chi connectivity index (χ1) is 24.7. The molecular formula is C38H54N6O8. The molecule has 1 aromatic carbocycles. The Balaban J connectivity index is 1.39. The first-order valence-electron chi connectivity index (χ1n) is 18.5. The van der Waals surface area contributed by atoms with Gasteiger partial charge >= 0.3 is 12.2 Å². The van der Waals surface area contributed by atoms with Crippen LogP contribution in [-0.2, 0) is 35.2 Å². The van der Waals surface area contributed by atoms with E-state index >= 15 is 0 Å². The number of nitrogens with one attached hydrogen (secondary N) is 3. The maximum atomic E-state index is 14.5. The van der Waals surface area contributed by atoms with E-state index in [1.807, 2.05) is 42.5 Å². The minimum atomic E-state index is -1.29. The molecule has 3 fully saturated rings. The van der Waals surface area contributed by atoms with Crippen LogP contribution in [0.3, 0.4) is 0 Å². The van der Waals surface area contributed by atoms with Gasteiger partial charge in [0, 0.05) is 39.5 Å². The normalized spacial score (nSPS) is 28.6. The van der Waals surface area contributed by atoms with Gasteiger partial charge in [0.05, 0.1) is 6.54 Å². The number of alkyl carbamates (subject to hydrolysis) is 1. The van der Waals surface area contributed by atoms with Crippen LogP contribution in [0.4, 0.5) is 9.59 Å². The summed E-state index contributed by atoms with van der Waals surface area (Å²) in [7, 11) is 3.08. The number of amides is 6. The number of nitrogens with zero attached hydrogens (tertiary/aromatic N) is 3. The summed E-state index contributed by atoms with van der Waals surface area (Å²) in [5.74, 6) is -1.92. The fraction of sp³-hybridized carbons (Fsp3) is 0.632. The quantitative estimate of drug-likeness (QED) is 0.377. The molecule has 14 heteroatoms. The van der Waals surface area contributed by atoms with E-state index in [1.165, 1.54) is 9.80 Å². The van der Waals surface area contributed by atoms with Crippen molar-refractivity contribution in [3.63, 3.8) is 0 Å². The molecule has 6 amide bonds. The lowest BCUT2D eigenvalue weighted by Gasteiger charge is -2.32. The number of ether oxygens (including phenoxy) is 2. The van der Waals surface area contributed by atoms with Crippen molar-refractivity contribution >= 4 is 35.8 Å². The van der Waals surface area contributed by atoms with Gasteiger partial charge in [-0.3, -0.25) is 19.2 Å². The molecule has 1 saturated carbocycles. The van der Waals surface area contributed by atoms with Crippen LogP contribution in [-0.4, -0.2) is 113 Å². The summed E-state index contributed by atoms with van der Waals surface area (Å²) in [4.78, 5) is 86.2. The Morgan fingerprint density at radius 2 is 1.77 bits per heavy atom. The van der Waals surface area contributed by atoms with Gasteiger partial charge in [0.15, 0.2) is 0 Å². The van der Waals surface area contributed by atoms with Crippen molar-refractivity contribution in [2.45, 2.75) is 120 Å². The predicted molar refractivity (Wildman–Crippen MR) is 191 cm³/mol. The second-order valence-electron chi connectivity index (χ2n) is 15.5. The van der Waals surface area contributed by atoms with Crippen LogP contribution in [0.25, 0.3) is 0 Å². The van der Waals surface area contributed by atoms with Crippen LogP contribution < -0.4 is 16.0 Å². The molecule has 14 nitrogen and oxygen atoms in total. The van der Waals surface area contributed by atoms with Crippen LogP contribution in [0.15, 0.2) is 42.5 Å². The maximum Gasteiger partial charge on any atom is 0.409 e. The van der Waals surface area contributed by atoms with Crippen molar-refractivity contribution in [1.82, 2.24) is 30.7 Å². The molecule has 1 aromatic rings.